The number of benzene rings is 1. The van der Waals surface area contributed by atoms with E-state index >= 15 is 0 Å². The highest BCUT2D eigenvalue weighted by atomic mass is 35.5. The van der Waals surface area contributed by atoms with Crippen molar-refractivity contribution in [3.63, 3.8) is 0 Å². The lowest BCUT2D eigenvalue weighted by molar-refractivity contribution is -0.123. The molecular formula is C14H18ClNO3. The molecule has 0 bridgehead atoms. The number of carbonyl (C=O) groups is 1. The molecule has 5 heteroatoms. The van der Waals surface area contributed by atoms with Gasteiger partial charge >= 0.3 is 0 Å². The quantitative estimate of drug-likeness (QED) is 0.826. The first-order chi connectivity index (χ1) is 9.11. The number of alkyl halides is 1. The molecule has 0 radical (unpaired) electrons. The molecule has 4 nitrogen and oxygen atoms in total. The van der Waals surface area contributed by atoms with Crippen LogP contribution in [0, 0.1) is 0 Å². The van der Waals surface area contributed by atoms with E-state index in [0.717, 1.165) is 5.56 Å². The van der Waals surface area contributed by atoms with Crippen molar-refractivity contribution >= 4 is 17.5 Å². The van der Waals surface area contributed by atoms with Gasteiger partial charge in [0.1, 0.15) is 5.38 Å². The number of carbonyl (C=O) groups excluding carboxylic acids is 1. The van der Waals surface area contributed by atoms with Crippen molar-refractivity contribution in [2.24, 2.45) is 0 Å². The van der Waals surface area contributed by atoms with Gasteiger partial charge in [-0.25, -0.2) is 0 Å². The molecule has 19 heavy (non-hydrogen) atoms. The topological polar surface area (TPSA) is 58.6 Å². The number of aliphatic hydroxyl groups is 1. The van der Waals surface area contributed by atoms with Gasteiger partial charge in [0.25, 0.3) is 0 Å². The lowest BCUT2D eigenvalue weighted by Gasteiger charge is -2.32. The van der Waals surface area contributed by atoms with Crippen LogP contribution in [0.1, 0.15) is 23.8 Å². The summed E-state index contributed by atoms with van der Waals surface area (Å²) >= 11 is 6.10. The minimum atomic E-state index is -0.874. The molecule has 2 N–H and O–H groups in total. The number of amides is 1. The summed E-state index contributed by atoms with van der Waals surface area (Å²) in [5.41, 5.74) is -0.123. The molecule has 1 atom stereocenters. The Morgan fingerprint density at radius 3 is 2.63 bits per heavy atom. The van der Waals surface area contributed by atoms with Crippen molar-refractivity contribution in [1.29, 1.82) is 0 Å². The highest BCUT2D eigenvalue weighted by Crippen LogP contribution is 2.22. The molecule has 1 aliphatic heterocycles. The monoisotopic (exact) mass is 283 g/mol. The number of rotatable bonds is 4. The van der Waals surface area contributed by atoms with Gasteiger partial charge in [0.2, 0.25) is 5.91 Å². The summed E-state index contributed by atoms with van der Waals surface area (Å²) in [6, 6.07) is 9.16. The van der Waals surface area contributed by atoms with Crippen LogP contribution in [-0.2, 0) is 9.53 Å². The van der Waals surface area contributed by atoms with Gasteiger partial charge in [-0.05, 0) is 5.56 Å². The second-order valence-electron chi connectivity index (χ2n) is 4.83. The average molecular weight is 284 g/mol. The van der Waals surface area contributed by atoms with Gasteiger partial charge in [0.05, 0.1) is 5.60 Å². The lowest BCUT2D eigenvalue weighted by atomic mass is 9.94. The predicted octanol–water partition coefficient (Wildman–Crippen LogP) is 1.62. The zero-order chi connectivity index (χ0) is 13.7. The maximum atomic E-state index is 11.9. The average Bonchev–Trinajstić information content (AvgIpc) is 2.46. The number of hydrogen-bond acceptors (Lipinski definition) is 3. The van der Waals surface area contributed by atoms with Gasteiger partial charge in [-0.15, -0.1) is 11.6 Å². The number of halogens is 1. The van der Waals surface area contributed by atoms with E-state index in [1.54, 1.807) is 12.1 Å². The maximum Gasteiger partial charge on any atom is 0.242 e. The Kier molecular flexibility index (Phi) is 4.80. The summed E-state index contributed by atoms with van der Waals surface area (Å²) in [5, 5.41) is 12.2. The van der Waals surface area contributed by atoms with E-state index in [0.29, 0.717) is 26.1 Å². The molecule has 1 aromatic rings. The van der Waals surface area contributed by atoms with Crippen molar-refractivity contribution in [3.05, 3.63) is 35.9 Å². The molecule has 1 amide bonds. The van der Waals surface area contributed by atoms with Crippen molar-refractivity contribution in [2.45, 2.75) is 23.8 Å². The van der Waals surface area contributed by atoms with Crippen molar-refractivity contribution in [3.8, 4) is 0 Å². The minimum Gasteiger partial charge on any atom is -0.388 e. The van der Waals surface area contributed by atoms with Crippen LogP contribution in [0.25, 0.3) is 0 Å². The van der Waals surface area contributed by atoms with Crippen LogP contribution in [0.3, 0.4) is 0 Å². The third kappa shape index (κ3) is 3.93. The third-order valence-electron chi connectivity index (χ3n) is 3.34. The van der Waals surface area contributed by atoms with Gasteiger partial charge in [0.15, 0.2) is 0 Å². The highest BCUT2D eigenvalue weighted by Gasteiger charge is 2.31. The Balaban J connectivity index is 1.87. The summed E-state index contributed by atoms with van der Waals surface area (Å²) in [4.78, 5) is 11.9. The molecule has 0 spiro atoms. The molecule has 1 saturated heterocycles. The van der Waals surface area contributed by atoms with Gasteiger partial charge in [-0.2, -0.15) is 0 Å². The molecule has 1 unspecified atom stereocenters. The van der Waals surface area contributed by atoms with E-state index in [4.69, 9.17) is 16.3 Å². The van der Waals surface area contributed by atoms with Crippen LogP contribution >= 0.6 is 11.6 Å². The third-order valence-corrected chi connectivity index (χ3v) is 3.79. The van der Waals surface area contributed by atoms with E-state index in [1.165, 1.54) is 0 Å². The van der Waals surface area contributed by atoms with E-state index in [2.05, 4.69) is 5.32 Å². The molecule has 1 aromatic carbocycles. The molecule has 1 aliphatic rings. The van der Waals surface area contributed by atoms with Gasteiger partial charge < -0.3 is 15.2 Å². The Labute approximate surface area is 117 Å². The van der Waals surface area contributed by atoms with Crippen molar-refractivity contribution < 1.29 is 14.6 Å². The minimum absolute atomic E-state index is 0.214. The summed E-state index contributed by atoms with van der Waals surface area (Å²) in [6.45, 7) is 1.26. The van der Waals surface area contributed by atoms with E-state index in [9.17, 15) is 9.90 Å². The Hall–Kier alpha value is -1.10. The fourth-order valence-corrected chi connectivity index (χ4v) is 2.27. The smallest absolute Gasteiger partial charge is 0.242 e. The molecule has 0 aromatic heterocycles. The molecule has 1 heterocycles. The zero-order valence-corrected chi connectivity index (χ0v) is 11.4. The second-order valence-corrected chi connectivity index (χ2v) is 5.26. The molecule has 104 valence electrons. The number of ether oxygens (including phenoxy) is 1. The van der Waals surface area contributed by atoms with E-state index in [1.807, 2.05) is 18.2 Å². The van der Waals surface area contributed by atoms with Crippen LogP contribution in [0.4, 0.5) is 0 Å². The standard InChI is InChI=1S/C14H18ClNO3/c15-12(11-4-2-1-3-5-11)13(17)16-10-14(18)6-8-19-9-7-14/h1-5,12,18H,6-10H2,(H,16,17). The largest absolute Gasteiger partial charge is 0.388 e. The maximum absolute atomic E-state index is 11.9. The molecular weight excluding hydrogens is 266 g/mol. The normalized spacial score (nSPS) is 19.7. The molecule has 0 saturated carbocycles. The van der Waals surface area contributed by atoms with Gasteiger partial charge in [-0.1, -0.05) is 30.3 Å². The summed E-state index contributed by atoms with van der Waals surface area (Å²) in [7, 11) is 0. The first-order valence-electron chi connectivity index (χ1n) is 6.38. The van der Waals surface area contributed by atoms with Crippen LogP contribution in [-0.4, -0.2) is 36.4 Å². The Bertz CT molecular complexity index is 418. The van der Waals surface area contributed by atoms with Crippen LogP contribution < -0.4 is 5.32 Å². The van der Waals surface area contributed by atoms with Crippen molar-refractivity contribution in [2.75, 3.05) is 19.8 Å². The Morgan fingerprint density at radius 1 is 1.37 bits per heavy atom. The first kappa shape index (κ1) is 14.3. The molecule has 1 fully saturated rings. The highest BCUT2D eigenvalue weighted by molar-refractivity contribution is 6.30. The van der Waals surface area contributed by atoms with E-state index < -0.39 is 11.0 Å². The second kappa shape index (κ2) is 6.37. The van der Waals surface area contributed by atoms with E-state index in [-0.39, 0.29) is 12.5 Å². The summed E-state index contributed by atoms with van der Waals surface area (Å²) in [5.74, 6) is -0.284. The lowest BCUT2D eigenvalue weighted by Crippen LogP contribution is -2.47. The van der Waals surface area contributed by atoms with Gasteiger partial charge in [0, 0.05) is 32.6 Å². The number of hydrogen-bond donors (Lipinski definition) is 2. The number of nitrogens with one attached hydrogen (secondary N) is 1. The molecule has 0 aliphatic carbocycles. The summed E-state index contributed by atoms with van der Waals surface area (Å²) in [6.07, 6.45) is 1.07. The SMILES string of the molecule is O=C(NCC1(O)CCOCC1)C(Cl)c1ccccc1. The first-order valence-corrected chi connectivity index (χ1v) is 6.81. The fraction of sp³-hybridized carbons (Fsp3) is 0.500. The Morgan fingerprint density at radius 2 is 2.00 bits per heavy atom. The van der Waals surface area contributed by atoms with Gasteiger partial charge in [-0.3, -0.25) is 4.79 Å². The van der Waals surface area contributed by atoms with Crippen LogP contribution in [0.2, 0.25) is 0 Å². The summed E-state index contributed by atoms with van der Waals surface area (Å²) < 4.78 is 5.19. The van der Waals surface area contributed by atoms with Crippen LogP contribution in [0.5, 0.6) is 0 Å². The van der Waals surface area contributed by atoms with Crippen molar-refractivity contribution in [1.82, 2.24) is 5.32 Å². The molecule has 2 rings (SSSR count). The van der Waals surface area contributed by atoms with Crippen LogP contribution in [0.15, 0.2) is 30.3 Å². The predicted molar refractivity (Wildman–Crippen MR) is 73.0 cm³/mol. The zero-order valence-electron chi connectivity index (χ0n) is 10.6. The fourth-order valence-electron chi connectivity index (χ4n) is 2.04.